The van der Waals surface area contributed by atoms with Gasteiger partial charge >= 0.3 is 0 Å². The number of hydrogen-bond acceptors (Lipinski definition) is 4. The van der Waals surface area contributed by atoms with Crippen molar-refractivity contribution in [2.45, 2.75) is 13.0 Å². The molecule has 1 aromatic rings. The molecule has 0 aromatic carbocycles. The molecule has 14 heavy (non-hydrogen) atoms. The number of aromatic nitrogens is 1. The Hall–Kier alpha value is -1.62. The smallest absolute Gasteiger partial charge is 0.153 e. The van der Waals surface area contributed by atoms with Gasteiger partial charge in [-0.3, -0.25) is 4.98 Å². The maximum Gasteiger partial charge on any atom is 0.153 e. The van der Waals surface area contributed by atoms with Gasteiger partial charge in [0.15, 0.2) is 5.84 Å². The molecule has 1 aromatic heterocycles. The molecular formula is C9H14N4O. The van der Waals surface area contributed by atoms with Gasteiger partial charge < -0.3 is 16.3 Å². The van der Waals surface area contributed by atoms with Crippen LogP contribution in [0.15, 0.2) is 29.7 Å². The second kappa shape index (κ2) is 5.18. The summed E-state index contributed by atoms with van der Waals surface area (Å²) >= 11 is 0. The van der Waals surface area contributed by atoms with Crippen LogP contribution in [0.1, 0.15) is 18.5 Å². The fraction of sp³-hybridized carbons (Fsp3) is 0.333. The lowest BCUT2D eigenvalue weighted by molar-refractivity contribution is 0.316. The molecule has 0 spiro atoms. The summed E-state index contributed by atoms with van der Waals surface area (Å²) in [6.45, 7) is 2.36. The summed E-state index contributed by atoms with van der Waals surface area (Å²) in [5.41, 5.74) is 6.44. The highest BCUT2D eigenvalue weighted by atomic mass is 16.4. The Morgan fingerprint density at radius 3 is 2.86 bits per heavy atom. The summed E-state index contributed by atoms with van der Waals surface area (Å²) < 4.78 is 0. The van der Waals surface area contributed by atoms with E-state index in [-0.39, 0.29) is 11.9 Å². The minimum absolute atomic E-state index is 0.151. The van der Waals surface area contributed by atoms with Gasteiger partial charge in [-0.2, -0.15) is 0 Å². The zero-order valence-electron chi connectivity index (χ0n) is 8.01. The first-order chi connectivity index (χ1) is 6.74. The van der Waals surface area contributed by atoms with E-state index in [0.29, 0.717) is 6.54 Å². The third kappa shape index (κ3) is 3.02. The second-order valence-corrected chi connectivity index (χ2v) is 2.97. The second-order valence-electron chi connectivity index (χ2n) is 2.97. The van der Waals surface area contributed by atoms with Gasteiger partial charge in [0.2, 0.25) is 0 Å². The van der Waals surface area contributed by atoms with Gasteiger partial charge in [0.25, 0.3) is 0 Å². The van der Waals surface area contributed by atoms with Gasteiger partial charge in [-0.05, 0) is 24.6 Å². The Balaban J connectivity index is 2.47. The molecule has 0 aliphatic heterocycles. The van der Waals surface area contributed by atoms with E-state index >= 15 is 0 Å². The van der Waals surface area contributed by atoms with Gasteiger partial charge in [0.1, 0.15) is 0 Å². The number of pyridine rings is 1. The van der Waals surface area contributed by atoms with Crippen LogP contribution in [0.3, 0.4) is 0 Å². The molecule has 0 aliphatic rings. The van der Waals surface area contributed by atoms with Crippen LogP contribution in [-0.2, 0) is 0 Å². The molecule has 5 nitrogen and oxygen atoms in total. The summed E-state index contributed by atoms with van der Waals surface area (Å²) in [4.78, 5) is 3.92. The first-order valence-electron chi connectivity index (χ1n) is 4.33. The maximum atomic E-state index is 8.33. The average molecular weight is 194 g/mol. The van der Waals surface area contributed by atoms with Gasteiger partial charge in [-0.15, -0.1) is 0 Å². The minimum atomic E-state index is 0.151. The summed E-state index contributed by atoms with van der Waals surface area (Å²) in [7, 11) is 0. The highest BCUT2D eigenvalue weighted by molar-refractivity contribution is 5.81. The quantitative estimate of drug-likeness (QED) is 0.282. The van der Waals surface area contributed by atoms with Crippen molar-refractivity contribution in [3.63, 3.8) is 0 Å². The van der Waals surface area contributed by atoms with Crippen molar-refractivity contribution < 1.29 is 5.21 Å². The molecule has 0 bridgehead atoms. The van der Waals surface area contributed by atoms with Crippen LogP contribution in [0.2, 0.25) is 0 Å². The van der Waals surface area contributed by atoms with Crippen LogP contribution in [0.5, 0.6) is 0 Å². The molecule has 4 N–H and O–H groups in total. The van der Waals surface area contributed by atoms with Crippen LogP contribution in [0.25, 0.3) is 0 Å². The molecular weight excluding hydrogens is 180 g/mol. The Bertz CT molecular complexity index is 299. The zero-order valence-corrected chi connectivity index (χ0v) is 8.01. The molecule has 0 radical (unpaired) electrons. The third-order valence-electron chi connectivity index (χ3n) is 1.92. The Kier molecular flexibility index (Phi) is 3.87. The Morgan fingerprint density at radius 1 is 1.64 bits per heavy atom. The number of nitrogens with two attached hydrogens (primary N) is 1. The molecule has 0 saturated heterocycles. The van der Waals surface area contributed by atoms with Crippen LogP contribution in [-0.4, -0.2) is 22.6 Å². The largest absolute Gasteiger partial charge is 0.409 e. The predicted molar refractivity (Wildman–Crippen MR) is 54.1 cm³/mol. The van der Waals surface area contributed by atoms with Gasteiger partial charge in [-0.1, -0.05) is 5.16 Å². The highest BCUT2D eigenvalue weighted by Gasteiger charge is 2.04. The molecule has 0 fully saturated rings. The molecule has 5 heteroatoms. The van der Waals surface area contributed by atoms with Gasteiger partial charge in [-0.25, -0.2) is 0 Å². The molecule has 1 heterocycles. The topological polar surface area (TPSA) is 83.5 Å². The average Bonchev–Trinajstić information content (AvgIpc) is 2.26. The third-order valence-corrected chi connectivity index (χ3v) is 1.92. The predicted octanol–water partition coefficient (Wildman–Crippen LogP) is 0.479. The summed E-state index contributed by atoms with van der Waals surface area (Å²) in [5, 5.41) is 14.3. The zero-order chi connectivity index (χ0) is 10.4. The Morgan fingerprint density at radius 2 is 2.29 bits per heavy atom. The monoisotopic (exact) mass is 194 g/mol. The fourth-order valence-electron chi connectivity index (χ4n) is 1.06. The highest BCUT2D eigenvalue weighted by Crippen LogP contribution is 2.08. The van der Waals surface area contributed by atoms with Crippen molar-refractivity contribution in [3.05, 3.63) is 30.1 Å². The molecule has 0 amide bonds. The first-order valence-corrected chi connectivity index (χ1v) is 4.33. The SMILES string of the molecule is C[C@H](NC/C(N)=N/O)c1ccncc1. The Labute approximate surface area is 82.6 Å². The summed E-state index contributed by atoms with van der Waals surface area (Å²) in [6.07, 6.45) is 3.47. The van der Waals surface area contributed by atoms with Crippen LogP contribution >= 0.6 is 0 Å². The van der Waals surface area contributed by atoms with Gasteiger partial charge in [0.05, 0.1) is 6.54 Å². The molecule has 1 rings (SSSR count). The molecule has 0 aliphatic carbocycles. The number of amidine groups is 1. The van der Waals surface area contributed by atoms with E-state index in [2.05, 4.69) is 15.5 Å². The normalized spacial score (nSPS) is 13.9. The van der Waals surface area contributed by atoms with E-state index in [1.54, 1.807) is 12.4 Å². The maximum absolute atomic E-state index is 8.33. The fourth-order valence-corrected chi connectivity index (χ4v) is 1.06. The van der Waals surface area contributed by atoms with Crippen molar-refractivity contribution in [2.75, 3.05) is 6.54 Å². The molecule has 76 valence electrons. The van der Waals surface area contributed by atoms with Crippen LogP contribution in [0, 0.1) is 0 Å². The summed E-state index contributed by atoms with van der Waals surface area (Å²) in [5.74, 6) is 0.172. The molecule has 0 unspecified atom stereocenters. The standard InChI is InChI=1S/C9H14N4O/c1-7(12-6-9(10)13-14)8-2-4-11-5-3-8/h2-5,7,12,14H,6H2,1H3,(H2,10,13)/t7-/m0/s1. The number of rotatable bonds is 4. The van der Waals surface area contributed by atoms with Crippen molar-refractivity contribution in [1.29, 1.82) is 0 Å². The lowest BCUT2D eigenvalue weighted by Crippen LogP contribution is -2.30. The van der Waals surface area contributed by atoms with Crippen molar-refractivity contribution >= 4 is 5.84 Å². The number of hydrogen-bond donors (Lipinski definition) is 3. The lowest BCUT2D eigenvalue weighted by atomic mass is 10.1. The number of nitrogens with one attached hydrogen (secondary N) is 1. The van der Waals surface area contributed by atoms with Gasteiger partial charge in [0, 0.05) is 18.4 Å². The summed E-state index contributed by atoms with van der Waals surface area (Å²) in [6, 6.07) is 3.99. The molecule has 0 saturated carbocycles. The minimum Gasteiger partial charge on any atom is -0.409 e. The van der Waals surface area contributed by atoms with E-state index in [1.165, 1.54) is 0 Å². The van der Waals surface area contributed by atoms with E-state index in [1.807, 2.05) is 19.1 Å². The van der Waals surface area contributed by atoms with Crippen LogP contribution in [0.4, 0.5) is 0 Å². The van der Waals surface area contributed by atoms with E-state index < -0.39 is 0 Å². The molecule has 1 atom stereocenters. The van der Waals surface area contributed by atoms with Crippen molar-refractivity contribution in [1.82, 2.24) is 10.3 Å². The number of oxime groups is 1. The van der Waals surface area contributed by atoms with E-state index in [4.69, 9.17) is 10.9 Å². The van der Waals surface area contributed by atoms with E-state index in [0.717, 1.165) is 5.56 Å². The number of nitrogens with zero attached hydrogens (tertiary/aromatic N) is 2. The van der Waals surface area contributed by atoms with Crippen molar-refractivity contribution in [2.24, 2.45) is 10.9 Å². The lowest BCUT2D eigenvalue weighted by Gasteiger charge is -2.12. The van der Waals surface area contributed by atoms with E-state index in [9.17, 15) is 0 Å². The van der Waals surface area contributed by atoms with Crippen LogP contribution < -0.4 is 11.1 Å². The first kappa shape index (κ1) is 10.5. The van der Waals surface area contributed by atoms with Crippen molar-refractivity contribution in [3.8, 4) is 0 Å².